The van der Waals surface area contributed by atoms with Gasteiger partial charge in [0, 0.05) is 25.0 Å². The van der Waals surface area contributed by atoms with Crippen LogP contribution in [-0.2, 0) is 4.74 Å². The summed E-state index contributed by atoms with van der Waals surface area (Å²) < 4.78 is 5.86. The number of hydrogen-bond acceptors (Lipinski definition) is 3. The molecule has 1 fully saturated rings. The Hall–Kier alpha value is -0.120. The Morgan fingerprint density at radius 3 is 2.41 bits per heavy atom. The van der Waals surface area contributed by atoms with Crippen LogP contribution in [0.4, 0.5) is 0 Å². The van der Waals surface area contributed by atoms with Gasteiger partial charge in [0.1, 0.15) is 0 Å². The molecule has 0 radical (unpaired) electrons. The van der Waals surface area contributed by atoms with Gasteiger partial charge in [-0.05, 0) is 39.7 Å². The lowest BCUT2D eigenvalue weighted by molar-refractivity contribution is 0.0510. The molecule has 3 nitrogen and oxygen atoms in total. The molecule has 0 saturated carbocycles. The van der Waals surface area contributed by atoms with Crippen molar-refractivity contribution in [3.63, 3.8) is 0 Å². The van der Waals surface area contributed by atoms with E-state index in [1.54, 1.807) is 0 Å². The Morgan fingerprint density at radius 2 is 1.88 bits per heavy atom. The van der Waals surface area contributed by atoms with Crippen molar-refractivity contribution in [2.24, 2.45) is 11.8 Å². The van der Waals surface area contributed by atoms with Crippen LogP contribution < -0.4 is 10.6 Å². The number of ether oxygens (including phenoxy) is 1. The van der Waals surface area contributed by atoms with Gasteiger partial charge in [-0.2, -0.15) is 0 Å². The maximum absolute atomic E-state index is 5.86. The second-order valence-corrected chi connectivity index (χ2v) is 5.58. The quantitative estimate of drug-likeness (QED) is 0.670. The summed E-state index contributed by atoms with van der Waals surface area (Å²) in [7, 11) is 0. The Morgan fingerprint density at radius 1 is 1.18 bits per heavy atom. The van der Waals surface area contributed by atoms with Crippen molar-refractivity contribution in [3.8, 4) is 0 Å². The summed E-state index contributed by atoms with van der Waals surface area (Å²) in [6, 6.07) is 0.539. The lowest BCUT2D eigenvalue weighted by Gasteiger charge is -2.22. The van der Waals surface area contributed by atoms with Crippen LogP contribution in [0.25, 0.3) is 0 Å². The first-order valence-electron chi connectivity index (χ1n) is 7.15. The highest BCUT2D eigenvalue weighted by molar-refractivity contribution is 4.85. The van der Waals surface area contributed by atoms with E-state index in [1.807, 2.05) is 0 Å². The normalized spacial score (nSPS) is 35.1. The van der Waals surface area contributed by atoms with E-state index in [-0.39, 0.29) is 0 Å². The zero-order valence-electron chi connectivity index (χ0n) is 12.1. The first kappa shape index (κ1) is 14.9. The highest BCUT2D eigenvalue weighted by Gasteiger charge is 2.36. The van der Waals surface area contributed by atoms with Crippen LogP contribution in [0.5, 0.6) is 0 Å². The number of hydrogen-bond donors (Lipinski definition) is 2. The van der Waals surface area contributed by atoms with Gasteiger partial charge in [0.05, 0.1) is 12.2 Å². The highest BCUT2D eigenvalue weighted by Crippen LogP contribution is 2.31. The molecule has 5 unspecified atom stereocenters. The van der Waals surface area contributed by atoms with Gasteiger partial charge < -0.3 is 15.4 Å². The summed E-state index contributed by atoms with van der Waals surface area (Å²) >= 11 is 0. The van der Waals surface area contributed by atoms with Crippen LogP contribution in [0.1, 0.15) is 41.0 Å². The van der Waals surface area contributed by atoms with Crippen molar-refractivity contribution in [2.75, 3.05) is 19.6 Å². The zero-order valence-corrected chi connectivity index (χ0v) is 12.1. The molecule has 5 atom stereocenters. The van der Waals surface area contributed by atoms with Gasteiger partial charge in [-0.25, -0.2) is 0 Å². The molecule has 2 N–H and O–H groups in total. The smallest absolute Gasteiger partial charge is 0.0594 e. The average molecular weight is 242 g/mol. The molecule has 0 aliphatic carbocycles. The van der Waals surface area contributed by atoms with Crippen molar-refractivity contribution in [1.82, 2.24) is 10.6 Å². The Balaban J connectivity index is 2.21. The number of nitrogens with one attached hydrogen (secondary N) is 2. The topological polar surface area (TPSA) is 33.3 Å². The van der Waals surface area contributed by atoms with E-state index in [0.717, 1.165) is 19.6 Å². The molecule has 1 aliphatic rings. The average Bonchev–Trinajstić information content (AvgIpc) is 2.51. The molecule has 17 heavy (non-hydrogen) atoms. The molecule has 1 aliphatic heterocycles. The van der Waals surface area contributed by atoms with Gasteiger partial charge in [-0.1, -0.05) is 13.8 Å². The van der Waals surface area contributed by atoms with Crippen molar-refractivity contribution in [2.45, 2.75) is 59.3 Å². The predicted octanol–water partition coefficient (Wildman–Crippen LogP) is 2.02. The molecule has 1 rings (SSSR count). The third-order valence-electron chi connectivity index (χ3n) is 4.03. The van der Waals surface area contributed by atoms with Crippen LogP contribution in [-0.4, -0.2) is 37.9 Å². The molecule has 0 spiro atoms. The Bertz CT molecular complexity index is 210. The van der Waals surface area contributed by atoms with Crippen molar-refractivity contribution in [3.05, 3.63) is 0 Å². The molecule has 0 aromatic carbocycles. The van der Waals surface area contributed by atoms with Gasteiger partial charge in [-0.3, -0.25) is 0 Å². The van der Waals surface area contributed by atoms with Crippen LogP contribution in [0.15, 0.2) is 0 Å². The van der Waals surface area contributed by atoms with Crippen LogP contribution in [0, 0.1) is 11.8 Å². The maximum atomic E-state index is 5.86. The van der Waals surface area contributed by atoms with Gasteiger partial charge in [0.2, 0.25) is 0 Å². The molecule has 0 aromatic heterocycles. The fourth-order valence-corrected chi connectivity index (χ4v) is 2.60. The monoisotopic (exact) mass is 242 g/mol. The second kappa shape index (κ2) is 7.34. The summed E-state index contributed by atoms with van der Waals surface area (Å²) in [4.78, 5) is 0. The first-order valence-corrected chi connectivity index (χ1v) is 7.15. The summed E-state index contributed by atoms with van der Waals surface area (Å²) in [6.45, 7) is 14.4. The summed E-state index contributed by atoms with van der Waals surface area (Å²) in [6.07, 6.45) is 2.00. The third-order valence-corrected chi connectivity index (χ3v) is 4.03. The Labute approximate surface area is 107 Å². The van der Waals surface area contributed by atoms with Gasteiger partial charge >= 0.3 is 0 Å². The van der Waals surface area contributed by atoms with E-state index in [9.17, 15) is 0 Å². The summed E-state index contributed by atoms with van der Waals surface area (Å²) in [5.41, 5.74) is 0. The molecule has 0 bridgehead atoms. The van der Waals surface area contributed by atoms with Crippen LogP contribution in [0.3, 0.4) is 0 Å². The molecule has 1 heterocycles. The minimum absolute atomic E-state index is 0.392. The standard InChI is InChI=1S/C14H30N2O/c1-6-7-15-8-10(2)16-9-14-11(3)12(4)17-13(14)5/h10-16H,6-9H2,1-5H3. The summed E-state index contributed by atoms with van der Waals surface area (Å²) in [5, 5.41) is 7.07. The minimum atomic E-state index is 0.392. The van der Waals surface area contributed by atoms with E-state index < -0.39 is 0 Å². The Kier molecular flexibility index (Phi) is 6.45. The van der Waals surface area contributed by atoms with Crippen molar-refractivity contribution in [1.29, 1.82) is 0 Å². The molecule has 0 aromatic rings. The van der Waals surface area contributed by atoms with Crippen molar-refractivity contribution < 1.29 is 4.74 Å². The second-order valence-electron chi connectivity index (χ2n) is 5.58. The van der Waals surface area contributed by atoms with E-state index in [1.165, 1.54) is 6.42 Å². The highest BCUT2D eigenvalue weighted by atomic mass is 16.5. The largest absolute Gasteiger partial charge is 0.375 e. The number of rotatable bonds is 7. The van der Waals surface area contributed by atoms with E-state index in [0.29, 0.717) is 30.1 Å². The van der Waals surface area contributed by atoms with E-state index >= 15 is 0 Å². The third kappa shape index (κ3) is 4.57. The molecular formula is C14H30N2O. The lowest BCUT2D eigenvalue weighted by atomic mass is 9.89. The zero-order chi connectivity index (χ0) is 12.8. The maximum Gasteiger partial charge on any atom is 0.0594 e. The minimum Gasteiger partial charge on any atom is -0.375 e. The fourth-order valence-electron chi connectivity index (χ4n) is 2.60. The van der Waals surface area contributed by atoms with Gasteiger partial charge in [0.25, 0.3) is 0 Å². The van der Waals surface area contributed by atoms with Gasteiger partial charge in [0.15, 0.2) is 0 Å². The fraction of sp³-hybridized carbons (Fsp3) is 1.00. The van der Waals surface area contributed by atoms with E-state index in [4.69, 9.17) is 4.74 Å². The molecular weight excluding hydrogens is 212 g/mol. The molecule has 0 amide bonds. The molecule has 102 valence electrons. The first-order chi connectivity index (χ1) is 8.06. The summed E-state index contributed by atoms with van der Waals surface area (Å²) in [5.74, 6) is 1.31. The van der Waals surface area contributed by atoms with Gasteiger partial charge in [-0.15, -0.1) is 0 Å². The predicted molar refractivity (Wildman–Crippen MR) is 73.3 cm³/mol. The van der Waals surface area contributed by atoms with Crippen LogP contribution in [0.2, 0.25) is 0 Å². The van der Waals surface area contributed by atoms with E-state index in [2.05, 4.69) is 45.3 Å². The molecule has 3 heteroatoms. The SMILES string of the molecule is CCCNCC(C)NCC1C(C)OC(C)C1C. The molecule has 1 saturated heterocycles. The van der Waals surface area contributed by atoms with Crippen molar-refractivity contribution >= 4 is 0 Å². The van der Waals surface area contributed by atoms with Crippen LogP contribution >= 0.6 is 0 Å². The lowest BCUT2D eigenvalue weighted by Crippen LogP contribution is -2.41.